The van der Waals surface area contributed by atoms with E-state index in [9.17, 15) is 0 Å². The van der Waals surface area contributed by atoms with Crippen molar-refractivity contribution in [3.63, 3.8) is 0 Å². The van der Waals surface area contributed by atoms with Gasteiger partial charge in [-0.05, 0) is 29.8 Å². The highest BCUT2D eigenvalue weighted by Gasteiger charge is 2.18. The first-order valence-electron chi connectivity index (χ1n) is 5.89. The number of rotatable bonds is 4. The van der Waals surface area contributed by atoms with Crippen molar-refractivity contribution >= 4 is 15.9 Å². The average Bonchev–Trinajstić information content (AvgIpc) is 2.46. The Labute approximate surface area is 121 Å². The maximum Gasteiger partial charge on any atom is 0.127 e. The predicted molar refractivity (Wildman–Crippen MR) is 79.7 cm³/mol. The minimum atomic E-state index is -0.292. The van der Waals surface area contributed by atoms with Gasteiger partial charge >= 0.3 is 0 Å². The zero-order chi connectivity index (χ0) is 13.8. The van der Waals surface area contributed by atoms with Crippen molar-refractivity contribution in [3.05, 3.63) is 58.1 Å². The average molecular weight is 322 g/mol. The number of ether oxygens (including phenoxy) is 2. The van der Waals surface area contributed by atoms with Gasteiger partial charge in [0.2, 0.25) is 0 Å². The molecule has 0 radical (unpaired) electrons. The number of hydrogen-bond acceptors (Lipinski definition) is 3. The molecule has 1 atom stereocenters. The molecule has 100 valence electrons. The van der Waals surface area contributed by atoms with Crippen molar-refractivity contribution in [2.75, 3.05) is 14.2 Å². The third kappa shape index (κ3) is 2.91. The quantitative estimate of drug-likeness (QED) is 0.937. The second-order valence-corrected chi connectivity index (χ2v) is 5.02. The Morgan fingerprint density at radius 1 is 0.947 bits per heavy atom. The molecule has 0 aromatic heterocycles. The Morgan fingerprint density at radius 3 is 1.95 bits per heavy atom. The highest BCUT2D eigenvalue weighted by Crippen LogP contribution is 2.36. The Bertz CT molecular complexity index is 532. The van der Waals surface area contributed by atoms with Crippen molar-refractivity contribution in [1.29, 1.82) is 0 Å². The molecule has 0 aliphatic rings. The van der Waals surface area contributed by atoms with Gasteiger partial charge in [0, 0.05) is 4.47 Å². The van der Waals surface area contributed by atoms with E-state index in [1.165, 1.54) is 0 Å². The molecule has 3 nitrogen and oxygen atoms in total. The zero-order valence-corrected chi connectivity index (χ0v) is 12.5. The van der Waals surface area contributed by atoms with Gasteiger partial charge in [-0.1, -0.05) is 34.1 Å². The lowest BCUT2D eigenvalue weighted by atomic mass is 9.98. The minimum absolute atomic E-state index is 0.292. The maximum atomic E-state index is 6.34. The fourth-order valence-corrected chi connectivity index (χ4v) is 2.29. The largest absolute Gasteiger partial charge is 0.496 e. The van der Waals surface area contributed by atoms with E-state index in [0.29, 0.717) is 0 Å². The van der Waals surface area contributed by atoms with Gasteiger partial charge < -0.3 is 15.2 Å². The number of benzene rings is 2. The smallest absolute Gasteiger partial charge is 0.127 e. The number of hydrogen-bond donors (Lipinski definition) is 1. The highest BCUT2D eigenvalue weighted by atomic mass is 79.9. The summed E-state index contributed by atoms with van der Waals surface area (Å²) in [5.74, 6) is 1.46. The summed E-state index contributed by atoms with van der Waals surface area (Å²) in [5, 5.41) is 0. The molecular formula is C15H16BrNO2. The van der Waals surface area contributed by atoms with Crippen molar-refractivity contribution in [2.45, 2.75) is 6.04 Å². The molecule has 19 heavy (non-hydrogen) atoms. The van der Waals surface area contributed by atoms with E-state index < -0.39 is 0 Å². The van der Waals surface area contributed by atoms with Crippen molar-refractivity contribution < 1.29 is 9.47 Å². The van der Waals surface area contributed by atoms with Gasteiger partial charge in [-0.2, -0.15) is 0 Å². The van der Waals surface area contributed by atoms with Gasteiger partial charge in [-0.25, -0.2) is 0 Å². The normalized spacial score (nSPS) is 12.0. The second kappa shape index (κ2) is 6.08. The van der Waals surface area contributed by atoms with Crippen LogP contribution in [-0.4, -0.2) is 14.2 Å². The van der Waals surface area contributed by atoms with E-state index in [1.807, 2.05) is 42.5 Å². The summed E-state index contributed by atoms with van der Waals surface area (Å²) in [6.45, 7) is 0. The van der Waals surface area contributed by atoms with E-state index in [1.54, 1.807) is 14.2 Å². The first-order chi connectivity index (χ1) is 9.17. The molecule has 0 aliphatic carbocycles. The van der Waals surface area contributed by atoms with Crippen LogP contribution in [0.1, 0.15) is 17.2 Å². The fraction of sp³-hybridized carbons (Fsp3) is 0.200. The van der Waals surface area contributed by atoms with Crippen LogP contribution in [0.4, 0.5) is 0 Å². The first-order valence-corrected chi connectivity index (χ1v) is 6.68. The number of nitrogens with two attached hydrogens (primary N) is 1. The molecule has 1 unspecified atom stereocenters. The lowest BCUT2D eigenvalue weighted by Crippen LogP contribution is -2.14. The number of methoxy groups -OCH3 is 2. The van der Waals surface area contributed by atoms with Gasteiger partial charge in [0.05, 0.1) is 25.8 Å². The maximum absolute atomic E-state index is 6.34. The van der Waals surface area contributed by atoms with E-state index >= 15 is 0 Å². The molecule has 0 saturated carbocycles. The lowest BCUT2D eigenvalue weighted by Gasteiger charge is -2.19. The summed E-state index contributed by atoms with van der Waals surface area (Å²) >= 11 is 3.42. The van der Waals surface area contributed by atoms with E-state index in [4.69, 9.17) is 15.2 Å². The van der Waals surface area contributed by atoms with Crippen molar-refractivity contribution in [3.8, 4) is 11.5 Å². The summed E-state index contributed by atoms with van der Waals surface area (Å²) in [6.07, 6.45) is 0. The second-order valence-electron chi connectivity index (χ2n) is 4.11. The third-order valence-electron chi connectivity index (χ3n) is 3.01. The molecule has 0 amide bonds. The van der Waals surface area contributed by atoms with Crippen LogP contribution in [0.3, 0.4) is 0 Å². The molecule has 0 fully saturated rings. The molecule has 0 saturated heterocycles. The summed E-state index contributed by atoms with van der Waals surface area (Å²) in [6, 6.07) is 13.3. The van der Waals surface area contributed by atoms with Crippen LogP contribution in [-0.2, 0) is 0 Å². The van der Waals surface area contributed by atoms with E-state index in [0.717, 1.165) is 27.1 Å². The molecule has 0 aliphatic heterocycles. The summed E-state index contributed by atoms with van der Waals surface area (Å²) < 4.78 is 11.8. The highest BCUT2D eigenvalue weighted by molar-refractivity contribution is 9.10. The summed E-state index contributed by atoms with van der Waals surface area (Å²) in [5.41, 5.74) is 8.21. The molecule has 4 heteroatoms. The van der Waals surface area contributed by atoms with E-state index in [-0.39, 0.29) is 6.04 Å². The Balaban J connectivity index is 2.47. The summed E-state index contributed by atoms with van der Waals surface area (Å²) in [4.78, 5) is 0. The van der Waals surface area contributed by atoms with Crippen LogP contribution in [0, 0.1) is 0 Å². The fourth-order valence-electron chi connectivity index (χ4n) is 2.02. The van der Waals surface area contributed by atoms with Crippen LogP contribution < -0.4 is 15.2 Å². The zero-order valence-electron chi connectivity index (χ0n) is 10.9. The van der Waals surface area contributed by atoms with Crippen molar-refractivity contribution in [1.82, 2.24) is 0 Å². The van der Waals surface area contributed by atoms with Crippen LogP contribution in [0.2, 0.25) is 0 Å². The molecule has 0 heterocycles. The summed E-state index contributed by atoms with van der Waals surface area (Å²) in [7, 11) is 3.26. The Kier molecular flexibility index (Phi) is 4.45. The van der Waals surface area contributed by atoms with Gasteiger partial charge in [0.15, 0.2) is 0 Å². The molecule has 2 aromatic carbocycles. The van der Waals surface area contributed by atoms with Crippen LogP contribution in [0.15, 0.2) is 46.9 Å². The standard InChI is InChI=1S/C15H16BrNO2/c1-18-12-4-3-5-13(19-2)14(12)15(17)10-6-8-11(16)9-7-10/h3-9,15H,17H2,1-2H3. The van der Waals surface area contributed by atoms with Gasteiger partial charge in [0.1, 0.15) is 11.5 Å². The van der Waals surface area contributed by atoms with Crippen molar-refractivity contribution in [2.24, 2.45) is 5.73 Å². The lowest BCUT2D eigenvalue weighted by molar-refractivity contribution is 0.382. The third-order valence-corrected chi connectivity index (χ3v) is 3.53. The molecule has 0 bridgehead atoms. The predicted octanol–water partition coefficient (Wildman–Crippen LogP) is 3.51. The van der Waals surface area contributed by atoms with E-state index in [2.05, 4.69) is 15.9 Å². The van der Waals surface area contributed by atoms with Crippen LogP contribution in [0.5, 0.6) is 11.5 Å². The molecular weight excluding hydrogens is 306 g/mol. The topological polar surface area (TPSA) is 44.5 Å². The molecule has 2 rings (SSSR count). The van der Waals surface area contributed by atoms with Gasteiger partial charge in [-0.3, -0.25) is 0 Å². The Morgan fingerprint density at radius 2 is 1.47 bits per heavy atom. The monoisotopic (exact) mass is 321 g/mol. The van der Waals surface area contributed by atoms with Crippen LogP contribution in [0.25, 0.3) is 0 Å². The Hall–Kier alpha value is -1.52. The molecule has 2 aromatic rings. The number of halogens is 1. The molecule has 0 spiro atoms. The van der Waals surface area contributed by atoms with Gasteiger partial charge in [0.25, 0.3) is 0 Å². The van der Waals surface area contributed by atoms with Gasteiger partial charge in [-0.15, -0.1) is 0 Å². The SMILES string of the molecule is COc1cccc(OC)c1C(N)c1ccc(Br)cc1. The van der Waals surface area contributed by atoms with Crippen LogP contribution >= 0.6 is 15.9 Å². The first kappa shape index (κ1) is 13.9. The molecule has 2 N–H and O–H groups in total. The minimum Gasteiger partial charge on any atom is -0.496 e.